The monoisotopic (exact) mass is 350 g/mol. The van der Waals surface area contributed by atoms with E-state index >= 15 is 0 Å². The Balaban J connectivity index is 0.00000220. The average molecular weight is 351 g/mol. The molecule has 0 saturated carbocycles. The van der Waals surface area contributed by atoms with Gasteiger partial charge in [-0.1, -0.05) is 6.92 Å². The standard InChI is InChI=1S/C15H26N4O.2ClH/c1-10(8-14-11(2)17-18(4)12(14)3)15(20)19-7-5-6-13(16)9-19;;/h10,13H,5-9,16H2,1-4H3;2*1H. The number of nitrogens with zero attached hydrogens (tertiary/aromatic N) is 3. The lowest BCUT2D eigenvalue weighted by Gasteiger charge is -2.32. The highest BCUT2D eigenvalue weighted by Gasteiger charge is 2.26. The molecule has 7 heteroatoms. The molecule has 2 rings (SSSR count). The fourth-order valence-corrected chi connectivity index (χ4v) is 3.03. The van der Waals surface area contributed by atoms with Gasteiger partial charge in [0.25, 0.3) is 0 Å². The second-order valence-electron chi connectivity index (χ2n) is 6.06. The van der Waals surface area contributed by atoms with E-state index in [-0.39, 0.29) is 42.7 Å². The van der Waals surface area contributed by atoms with Crippen LogP contribution in [0.3, 0.4) is 0 Å². The van der Waals surface area contributed by atoms with E-state index in [4.69, 9.17) is 5.73 Å². The number of piperidine rings is 1. The van der Waals surface area contributed by atoms with E-state index in [2.05, 4.69) is 12.0 Å². The van der Waals surface area contributed by atoms with E-state index in [1.165, 1.54) is 5.56 Å². The molecular formula is C15H28Cl2N4O. The van der Waals surface area contributed by atoms with Gasteiger partial charge < -0.3 is 10.6 Å². The smallest absolute Gasteiger partial charge is 0.225 e. The van der Waals surface area contributed by atoms with Gasteiger partial charge in [-0.15, -0.1) is 24.8 Å². The van der Waals surface area contributed by atoms with Crippen LogP contribution in [-0.4, -0.2) is 39.7 Å². The summed E-state index contributed by atoms with van der Waals surface area (Å²) in [7, 11) is 1.95. The average Bonchev–Trinajstić information content (AvgIpc) is 2.64. The molecule has 0 spiro atoms. The summed E-state index contributed by atoms with van der Waals surface area (Å²) in [6.07, 6.45) is 2.81. The van der Waals surface area contributed by atoms with Crippen molar-refractivity contribution < 1.29 is 4.79 Å². The number of hydrogen-bond acceptors (Lipinski definition) is 3. The van der Waals surface area contributed by atoms with Crippen LogP contribution >= 0.6 is 24.8 Å². The Kier molecular flexibility index (Phi) is 8.44. The number of halogens is 2. The van der Waals surface area contributed by atoms with E-state index in [9.17, 15) is 4.79 Å². The molecule has 2 heterocycles. The maximum absolute atomic E-state index is 12.5. The molecule has 1 fully saturated rings. The minimum atomic E-state index is -0.0121. The molecule has 0 aromatic carbocycles. The number of aryl methyl sites for hydroxylation is 2. The van der Waals surface area contributed by atoms with Gasteiger partial charge in [-0.2, -0.15) is 5.10 Å². The second-order valence-corrected chi connectivity index (χ2v) is 6.06. The quantitative estimate of drug-likeness (QED) is 0.906. The maximum atomic E-state index is 12.5. The fourth-order valence-electron chi connectivity index (χ4n) is 3.03. The van der Waals surface area contributed by atoms with Crippen LogP contribution < -0.4 is 5.73 Å². The van der Waals surface area contributed by atoms with Crippen LogP contribution in [-0.2, 0) is 18.3 Å². The lowest BCUT2D eigenvalue weighted by atomic mass is 9.96. The molecule has 128 valence electrons. The van der Waals surface area contributed by atoms with Crippen molar-refractivity contribution in [3.63, 3.8) is 0 Å². The topological polar surface area (TPSA) is 64.2 Å². The zero-order chi connectivity index (χ0) is 14.9. The number of rotatable bonds is 3. The van der Waals surface area contributed by atoms with Gasteiger partial charge in [0.15, 0.2) is 0 Å². The molecule has 1 aliphatic heterocycles. The Hall–Kier alpha value is -0.780. The van der Waals surface area contributed by atoms with Crippen LogP contribution in [0.2, 0.25) is 0 Å². The summed E-state index contributed by atoms with van der Waals surface area (Å²) in [5.74, 6) is 0.213. The summed E-state index contributed by atoms with van der Waals surface area (Å²) in [6, 6.07) is 0.141. The summed E-state index contributed by atoms with van der Waals surface area (Å²) in [6.45, 7) is 7.63. The molecule has 1 aromatic heterocycles. The summed E-state index contributed by atoms with van der Waals surface area (Å²) >= 11 is 0. The molecule has 2 N–H and O–H groups in total. The van der Waals surface area contributed by atoms with Crippen molar-refractivity contribution in [3.8, 4) is 0 Å². The van der Waals surface area contributed by atoms with E-state index in [1.807, 2.05) is 30.5 Å². The van der Waals surface area contributed by atoms with Crippen molar-refractivity contribution >= 4 is 30.7 Å². The van der Waals surface area contributed by atoms with Crippen LogP contribution in [0.1, 0.15) is 36.7 Å². The molecular weight excluding hydrogens is 323 g/mol. The Bertz CT molecular complexity index is 504. The molecule has 0 radical (unpaired) electrons. The summed E-state index contributed by atoms with van der Waals surface area (Å²) in [4.78, 5) is 14.5. The largest absolute Gasteiger partial charge is 0.341 e. The van der Waals surface area contributed by atoms with E-state index in [1.54, 1.807) is 0 Å². The minimum absolute atomic E-state index is 0. The van der Waals surface area contributed by atoms with Gasteiger partial charge in [0.2, 0.25) is 5.91 Å². The molecule has 2 unspecified atom stereocenters. The van der Waals surface area contributed by atoms with Crippen LogP contribution in [0.25, 0.3) is 0 Å². The Morgan fingerprint density at radius 2 is 2.05 bits per heavy atom. The number of hydrogen-bond donors (Lipinski definition) is 1. The van der Waals surface area contributed by atoms with Crippen LogP contribution in [0.4, 0.5) is 0 Å². The molecule has 0 aliphatic carbocycles. The predicted octanol–water partition coefficient (Wildman–Crippen LogP) is 2.01. The van der Waals surface area contributed by atoms with Crippen molar-refractivity contribution in [3.05, 3.63) is 17.0 Å². The van der Waals surface area contributed by atoms with E-state index in [0.717, 1.165) is 37.2 Å². The lowest BCUT2D eigenvalue weighted by Crippen LogP contribution is -2.47. The molecule has 22 heavy (non-hydrogen) atoms. The highest BCUT2D eigenvalue weighted by Crippen LogP contribution is 2.19. The first-order chi connectivity index (χ1) is 9.40. The molecule has 1 saturated heterocycles. The van der Waals surface area contributed by atoms with Crippen LogP contribution in [0.5, 0.6) is 0 Å². The Morgan fingerprint density at radius 1 is 1.41 bits per heavy atom. The van der Waals surface area contributed by atoms with Crippen molar-refractivity contribution in [2.75, 3.05) is 13.1 Å². The van der Waals surface area contributed by atoms with Crippen molar-refractivity contribution in [2.45, 2.75) is 46.1 Å². The van der Waals surface area contributed by atoms with E-state index < -0.39 is 0 Å². The molecule has 1 aromatic rings. The first kappa shape index (κ1) is 21.2. The van der Waals surface area contributed by atoms with Gasteiger partial charge in [0.1, 0.15) is 0 Å². The number of likely N-dealkylation sites (tertiary alicyclic amines) is 1. The highest BCUT2D eigenvalue weighted by atomic mass is 35.5. The summed E-state index contributed by atoms with van der Waals surface area (Å²) < 4.78 is 1.89. The number of carbonyl (C=O) groups is 1. The van der Waals surface area contributed by atoms with Crippen molar-refractivity contribution in [2.24, 2.45) is 18.7 Å². The summed E-state index contributed by atoms with van der Waals surface area (Å²) in [5.41, 5.74) is 9.34. The maximum Gasteiger partial charge on any atom is 0.225 e. The molecule has 1 amide bonds. The van der Waals surface area contributed by atoms with Crippen LogP contribution in [0, 0.1) is 19.8 Å². The fraction of sp³-hybridized carbons (Fsp3) is 0.733. The van der Waals surface area contributed by atoms with Gasteiger partial charge in [0, 0.05) is 37.8 Å². The van der Waals surface area contributed by atoms with Crippen LogP contribution in [0.15, 0.2) is 0 Å². The molecule has 5 nitrogen and oxygen atoms in total. The molecule has 2 atom stereocenters. The Labute approximate surface area is 145 Å². The second kappa shape index (κ2) is 8.75. The van der Waals surface area contributed by atoms with E-state index in [0.29, 0.717) is 6.54 Å². The minimum Gasteiger partial charge on any atom is -0.341 e. The zero-order valence-electron chi connectivity index (χ0n) is 13.8. The van der Waals surface area contributed by atoms with Gasteiger partial charge >= 0.3 is 0 Å². The number of nitrogens with two attached hydrogens (primary N) is 1. The number of carbonyl (C=O) groups excluding carboxylic acids is 1. The van der Waals surface area contributed by atoms with Crippen molar-refractivity contribution in [1.82, 2.24) is 14.7 Å². The highest BCUT2D eigenvalue weighted by molar-refractivity contribution is 5.85. The SMILES string of the molecule is Cc1nn(C)c(C)c1CC(C)C(=O)N1CCCC(N)C1.Cl.Cl. The number of amides is 1. The molecule has 0 bridgehead atoms. The third-order valence-electron chi connectivity index (χ3n) is 4.36. The first-order valence-corrected chi connectivity index (χ1v) is 7.43. The van der Waals surface area contributed by atoms with Crippen molar-refractivity contribution in [1.29, 1.82) is 0 Å². The third-order valence-corrected chi connectivity index (χ3v) is 4.36. The third kappa shape index (κ3) is 4.61. The predicted molar refractivity (Wildman–Crippen MR) is 93.8 cm³/mol. The van der Waals surface area contributed by atoms with Gasteiger partial charge in [-0.25, -0.2) is 0 Å². The van der Waals surface area contributed by atoms with Gasteiger partial charge in [-0.05, 0) is 38.7 Å². The molecule has 1 aliphatic rings. The zero-order valence-corrected chi connectivity index (χ0v) is 15.5. The Morgan fingerprint density at radius 3 is 2.55 bits per heavy atom. The van der Waals surface area contributed by atoms with Gasteiger partial charge in [-0.3, -0.25) is 9.48 Å². The summed E-state index contributed by atoms with van der Waals surface area (Å²) in [5, 5.41) is 4.42. The lowest BCUT2D eigenvalue weighted by molar-refractivity contribution is -0.136. The number of aromatic nitrogens is 2. The first-order valence-electron chi connectivity index (χ1n) is 7.43. The normalized spacial score (nSPS) is 19.1. The van der Waals surface area contributed by atoms with Gasteiger partial charge in [0.05, 0.1) is 5.69 Å².